The summed E-state index contributed by atoms with van der Waals surface area (Å²) in [7, 11) is 0. The van der Waals surface area contributed by atoms with Gasteiger partial charge in [-0.25, -0.2) is 0 Å². The predicted octanol–water partition coefficient (Wildman–Crippen LogP) is 1.76. The fraction of sp³-hybridized carbons (Fsp3) is 0. The zero-order chi connectivity index (χ0) is 12.4. The third kappa shape index (κ3) is 2.15. The Morgan fingerprint density at radius 3 is 2.18 bits per heavy atom. The molecule has 2 rings (SSSR count). The molecule has 0 saturated heterocycles. The lowest BCUT2D eigenvalue weighted by Crippen LogP contribution is -2.03. The topological polar surface area (TPSA) is 92.2 Å². The molecular weight excluding hydrogens is 236 g/mol. The van der Waals surface area contributed by atoms with Crippen molar-refractivity contribution in [2.24, 2.45) is 0 Å². The van der Waals surface area contributed by atoms with E-state index in [4.69, 9.17) is 11.5 Å². The van der Waals surface area contributed by atoms with Crippen LogP contribution in [0.3, 0.4) is 0 Å². The third-order valence-corrected chi connectivity index (χ3v) is 3.23. The van der Waals surface area contributed by atoms with Crippen LogP contribution in [0.4, 0.5) is 11.4 Å². The van der Waals surface area contributed by atoms with E-state index >= 15 is 0 Å². The molecule has 5 heteroatoms. The Labute approximate surface area is 102 Å². The van der Waals surface area contributed by atoms with Gasteiger partial charge < -0.3 is 16.0 Å². The molecule has 2 aromatic carbocycles. The van der Waals surface area contributed by atoms with Gasteiger partial charge in [-0.3, -0.25) is 4.21 Å². The van der Waals surface area contributed by atoms with Crippen molar-refractivity contribution in [3.8, 4) is 11.1 Å². The lowest BCUT2D eigenvalue weighted by Gasteiger charge is -2.14. The summed E-state index contributed by atoms with van der Waals surface area (Å²) in [5.74, 6) is 0. The summed E-state index contributed by atoms with van der Waals surface area (Å²) in [4.78, 5) is 0.0298. The Balaban J connectivity index is 2.60. The first-order chi connectivity index (χ1) is 8.11. The molecule has 0 fully saturated rings. The molecule has 0 aliphatic carbocycles. The van der Waals surface area contributed by atoms with Crippen molar-refractivity contribution in [2.75, 3.05) is 11.5 Å². The predicted molar refractivity (Wildman–Crippen MR) is 67.9 cm³/mol. The van der Waals surface area contributed by atoms with E-state index in [2.05, 4.69) is 0 Å². The Bertz CT molecular complexity index is 570. The third-order valence-electron chi connectivity index (χ3n) is 2.51. The highest BCUT2D eigenvalue weighted by molar-refractivity contribution is 7.79. The minimum Gasteiger partial charge on any atom is -0.768 e. The largest absolute Gasteiger partial charge is 0.768 e. The first-order valence-electron chi connectivity index (χ1n) is 4.94. The molecule has 2 aromatic rings. The van der Waals surface area contributed by atoms with Gasteiger partial charge in [0.2, 0.25) is 0 Å². The standard InChI is InChI=1S/C12H12N2O2S/c13-11-9(8-4-2-1-3-5-8)6-7-10(12(11)14)17(15)16/h1-7H,13-14H2,(H,15,16)/p-1. The van der Waals surface area contributed by atoms with E-state index < -0.39 is 11.1 Å². The number of hydrogen-bond acceptors (Lipinski definition) is 4. The molecule has 1 unspecified atom stereocenters. The first kappa shape index (κ1) is 11.6. The molecule has 0 aliphatic rings. The van der Waals surface area contributed by atoms with Gasteiger partial charge in [-0.05, 0) is 22.7 Å². The van der Waals surface area contributed by atoms with Gasteiger partial charge in [0.1, 0.15) is 0 Å². The van der Waals surface area contributed by atoms with Crippen LogP contribution in [-0.2, 0) is 11.1 Å². The SMILES string of the molecule is Nc1c(-c2ccccc2)ccc(S(=O)[O-])c1N. The van der Waals surface area contributed by atoms with Crippen molar-refractivity contribution in [3.63, 3.8) is 0 Å². The quantitative estimate of drug-likeness (QED) is 0.624. The smallest absolute Gasteiger partial charge is 0.0706 e. The molecule has 1 atom stereocenters. The van der Waals surface area contributed by atoms with Gasteiger partial charge >= 0.3 is 0 Å². The zero-order valence-electron chi connectivity index (χ0n) is 8.92. The first-order valence-corrected chi connectivity index (χ1v) is 6.01. The maximum absolute atomic E-state index is 10.9. The van der Waals surface area contributed by atoms with Crippen molar-refractivity contribution >= 4 is 22.5 Å². The number of anilines is 2. The van der Waals surface area contributed by atoms with Gasteiger partial charge in [0.15, 0.2) is 0 Å². The fourth-order valence-electron chi connectivity index (χ4n) is 1.63. The molecule has 17 heavy (non-hydrogen) atoms. The number of hydrogen-bond donors (Lipinski definition) is 2. The summed E-state index contributed by atoms with van der Waals surface area (Å²) in [6, 6.07) is 12.5. The number of nitrogens with two attached hydrogens (primary N) is 2. The van der Waals surface area contributed by atoms with Gasteiger partial charge in [-0.2, -0.15) is 0 Å². The molecule has 0 saturated carbocycles. The van der Waals surface area contributed by atoms with E-state index in [0.29, 0.717) is 0 Å². The average Bonchev–Trinajstić information content (AvgIpc) is 2.33. The van der Waals surface area contributed by atoms with Crippen LogP contribution in [0.25, 0.3) is 11.1 Å². The van der Waals surface area contributed by atoms with Crippen LogP contribution < -0.4 is 11.5 Å². The second kappa shape index (κ2) is 4.57. The summed E-state index contributed by atoms with van der Waals surface area (Å²) in [6.45, 7) is 0. The van der Waals surface area contributed by atoms with Gasteiger partial charge in [0.25, 0.3) is 0 Å². The molecule has 0 spiro atoms. The average molecular weight is 247 g/mol. The highest BCUT2D eigenvalue weighted by Gasteiger charge is 2.09. The molecule has 4 nitrogen and oxygen atoms in total. The highest BCUT2D eigenvalue weighted by Crippen LogP contribution is 2.33. The van der Waals surface area contributed by atoms with Gasteiger partial charge in [-0.15, -0.1) is 0 Å². The van der Waals surface area contributed by atoms with Crippen molar-refractivity contribution < 1.29 is 8.76 Å². The second-order valence-corrected chi connectivity index (χ2v) is 4.45. The van der Waals surface area contributed by atoms with Gasteiger partial charge in [-0.1, -0.05) is 36.4 Å². The Hall–Kier alpha value is -1.85. The second-order valence-electron chi connectivity index (χ2n) is 3.54. The van der Waals surface area contributed by atoms with Crippen molar-refractivity contribution in [1.82, 2.24) is 0 Å². The maximum Gasteiger partial charge on any atom is 0.0706 e. The Morgan fingerprint density at radius 2 is 1.59 bits per heavy atom. The summed E-state index contributed by atoms with van der Waals surface area (Å²) in [5, 5.41) is 0. The number of nitrogen functional groups attached to an aromatic ring is 2. The van der Waals surface area contributed by atoms with Crippen LogP contribution in [-0.4, -0.2) is 8.76 Å². The van der Waals surface area contributed by atoms with E-state index in [1.165, 1.54) is 6.07 Å². The molecule has 0 aromatic heterocycles. The Kier molecular flexibility index (Phi) is 3.12. The van der Waals surface area contributed by atoms with Crippen molar-refractivity contribution in [3.05, 3.63) is 42.5 Å². The van der Waals surface area contributed by atoms with Crippen LogP contribution >= 0.6 is 0 Å². The summed E-state index contributed by atoms with van der Waals surface area (Å²) >= 11 is -2.37. The van der Waals surface area contributed by atoms with Crippen LogP contribution in [0.15, 0.2) is 47.4 Å². The number of rotatable bonds is 2. The van der Waals surface area contributed by atoms with E-state index in [0.717, 1.165) is 11.1 Å². The van der Waals surface area contributed by atoms with Crippen LogP contribution in [0, 0.1) is 0 Å². The number of benzene rings is 2. The van der Waals surface area contributed by atoms with Gasteiger partial charge in [0.05, 0.1) is 11.4 Å². The van der Waals surface area contributed by atoms with E-state index in [9.17, 15) is 8.76 Å². The van der Waals surface area contributed by atoms with Crippen LogP contribution in [0.5, 0.6) is 0 Å². The molecule has 0 radical (unpaired) electrons. The molecular formula is C12H11N2O2S-. The van der Waals surface area contributed by atoms with E-state index in [-0.39, 0.29) is 16.3 Å². The molecule has 0 heterocycles. The van der Waals surface area contributed by atoms with E-state index in [1.54, 1.807) is 6.07 Å². The Morgan fingerprint density at radius 1 is 0.941 bits per heavy atom. The normalized spacial score (nSPS) is 12.3. The van der Waals surface area contributed by atoms with Crippen LogP contribution in [0.1, 0.15) is 0 Å². The van der Waals surface area contributed by atoms with Gasteiger partial charge in [0, 0.05) is 10.5 Å². The van der Waals surface area contributed by atoms with Crippen molar-refractivity contribution in [1.29, 1.82) is 0 Å². The minimum absolute atomic E-state index is 0.0298. The summed E-state index contributed by atoms with van der Waals surface area (Å²) < 4.78 is 21.8. The fourth-order valence-corrected chi connectivity index (χ4v) is 2.10. The van der Waals surface area contributed by atoms with Crippen LogP contribution in [0.2, 0.25) is 0 Å². The molecule has 0 bridgehead atoms. The lowest BCUT2D eigenvalue weighted by molar-refractivity contribution is 0.537. The van der Waals surface area contributed by atoms with Crippen molar-refractivity contribution in [2.45, 2.75) is 4.90 Å². The summed E-state index contributed by atoms with van der Waals surface area (Å²) in [5.41, 5.74) is 13.6. The minimum atomic E-state index is -2.37. The summed E-state index contributed by atoms with van der Waals surface area (Å²) in [6.07, 6.45) is 0. The zero-order valence-corrected chi connectivity index (χ0v) is 9.74. The lowest BCUT2D eigenvalue weighted by atomic mass is 10.0. The molecule has 0 amide bonds. The molecule has 4 N–H and O–H groups in total. The van der Waals surface area contributed by atoms with E-state index in [1.807, 2.05) is 30.3 Å². The molecule has 0 aliphatic heterocycles. The molecule has 88 valence electrons. The monoisotopic (exact) mass is 247 g/mol. The highest BCUT2D eigenvalue weighted by atomic mass is 32.2. The maximum atomic E-state index is 10.9.